The third-order valence-corrected chi connectivity index (χ3v) is 3.28. The van der Waals surface area contributed by atoms with Crippen LogP contribution in [-0.4, -0.2) is 5.91 Å². The number of carbonyl (C=O) groups excluding carboxylic acids is 1. The molecule has 0 radical (unpaired) electrons. The highest BCUT2D eigenvalue weighted by Gasteiger charge is 2.08. The second kappa shape index (κ2) is 5.42. The van der Waals surface area contributed by atoms with Crippen molar-refractivity contribution in [2.45, 2.75) is 6.92 Å². The van der Waals surface area contributed by atoms with Gasteiger partial charge in [0.2, 0.25) is 0 Å². The van der Waals surface area contributed by atoms with Crippen molar-refractivity contribution in [1.82, 2.24) is 0 Å². The Morgan fingerprint density at radius 3 is 2.39 bits per heavy atom. The van der Waals surface area contributed by atoms with Gasteiger partial charge in [-0.3, -0.25) is 4.79 Å². The van der Waals surface area contributed by atoms with Crippen LogP contribution in [0.2, 0.25) is 10.0 Å². The van der Waals surface area contributed by atoms with E-state index in [1.54, 1.807) is 36.4 Å². The lowest BCUT2D eigenvalue weighted by Crippen LogP contribution is -2.12. The highest BCUT2D eigenvalue weighted by atomic mass is 35.5. The molecule has 0 fully saturated rings. The Labute approximate surface area is 116 Å². The van der Waals surface area contributed by atoms with E-state index >= 15 is 0 Å². The zero-order valence-corrected chi connectivity index (χ0v) is 11.2. The number of hydrogen-bond acceptors (Lipinski definition) is 1. The molecule has 18 heavy (non-hydrogen) atoms. The molecular weight excluding hydrogens is 269 g/mol. The fourth-order valence-corrected chi connectivity index (χ4v) is 1.84. The molecule has 0 bridgehead atoms. The number of rotatable bonds is 2. The molecule has 0 saturated carbocycles. The predicted octanol–water partition coefficient (Wildman–Crippen LogP) is 4.55. The SMILES string of the molecule is Cc1c(Cl)cccc1NC(=O)c1ccc(Cl)cc1. The summed E-state index contributed by atoms with van der Waals surface area (Å²) in [5.74, 6) is -0.183. The van der Waals surface area contributed by atoms with Crippen LogP contribution < -0.4 is 5.32 Å². The number of nitrogens with one attached hydrogen (secondary N) is 1. The van der Waals surface area contributed by atoms with Crippen LogP contribution in [0.25, 0.3) is 0 Å². The van der Waals surface area contributed by atoms with Crippen molar-refractivity contribution >= 4 is 34.8 Å². The highest BCUT2D eigenvalue weighted by molar-refractivity contribution is 6.32. The van der Waals surface area contributed by atoms with E-state index in [0.717, 1.165) is 5.56 Å². The van der Waals surface area contributed by atoms with Crippen LogP contribution in [0.5, 0.6) is 0 Å². The van der Waals surface area contributed by atoms with Crippen molar-refractivity contribution in [2.24, 2.45) is 0 Å². The molecule has 1 amide bonds. The van der Waals surface area contributed by atoms with Gasteiger partial charge in [0.25, 0.3) is 5.91 Å². The van der Waals surface area contributed by atoms with Crippen molar-refractivity contribution in [1.29, 1.82) is 0 Å². The van der Waals surface area contributed by atoms with E-state index in [9.17, 15) is 4.79 Å². The average molecular weight is 280 g/mol. The van der Waals surface area contributed by atoms with E-state index in [4.69, 9.17) is 23.2 Å². The van der Waals surface area contributed by atoms with Crippen LogP contribution in [0, 0.1) is 6.92 Å². The van der Waals surface area contributed by atoms with Crippen LogP contribution >= 0.6 is 23.2 Å². The molecule has 0 unspecified atom stereocenters. The molecule has 0 heterocycles. The number of anilines is 1. The molecule has 1 N–H and O–H groups in total. The molecule has 0 spiro atoms. The lowest BCUT2D eigenvalue weighted by molar-refractivity contribution is 0.102. The lowest BCUT2D eigenvalue weighted by Gasteiger charge is -2.09. The van der Waals surface area contributed by atoms with Gasteiger partial charge in [0.05, 0.1) is 0 Å². The Morgan fingerprint density at radius 2 is 1.72 bits per heavy atom. The maximum absolute atomic E-state index is 12.0. The van der Waals surface area contributed by atoms with Gasteiger partial charge in [0.15, 0.2) is 0 Å². The predicted molar refractivity (Wildman–Crippen MR) is 75.6 cm³/mol. The lowest BCUT2D eigenvalue weighted by atomic mass is 10.1. The minimum Gasteiger partial charge on any atom is -0.322 e. The number of halogens is 2. The van der Waals surface area contributed by atoms with Crippen LogP contribution in [0.4, 0.5) is 5.69 Å². The largest absolute Gasteiger partial charge is 0.322 e. The van der Waals surface area contributed by atoms with Gasteiger partial charge in [0.1, 0.15) is 0 Å². The second-order valence-corrected chi connectivity index (χ2v) is 4.72. The third-order valence-electron chi connectivity index (χ3n) is 2.62. The van der Waals surface area contributed by atoms with Gasteiger partial charge in [-0.25, -0.2) is 0 Å². The van der Waals surface area contributed by atoms with Gasteiger partial charge in [-0.15, -0.1) is 0 Å². The Kier molecular flexibility index (Phi) is 3.90. The maximum atomic E-state index is 12.0. The number of carbonyl (C=O) groups is 1. The molecule has 0 aliphatic heterocycles. The van der Waals surface area contributed by atoms with Crippen molar-refractivity contribution in [3.63, 3.8) is 0 Å². The molecule has 0 saturated heterocycles. The molecule has 2 aromatic carbocycles. The van der Waals surface area contributed by atoms with Crippen LogP contribution in [0.1, 0.15) is 15.9 Å². The molecule has 0 aromatic heterocycles. The molecule has 4 heteroatoms. The second-order valence-electron chi connectivity index (χ2n) is 3.87. The van der Waals surface area contributed by atoms with Gasteiger partial charge >= 0.3 is 0 Å². The summed E-state index contributed by atoms with van der Waals surface area (Å²) in [6, 6.07) is 12.1. The smallest absolute Gasteiger partial charge is 0.255 e. The summed E-state index contributed by atoms with van der Waals surface area (Å²) in [6.07, 6.45) is 0. The highest BCUT2D eigenvalue weighted by Crippen LogP contribution is 2.23. The first-order valence-electron chi connectivity index (χ1n) is 5.40. The minimum atomic E-state index is -0.183. The summed E-state index contributed by atoms with van der Waals surface area (Å²) < 4.78 is 0. The molecular formula is C14H11Cl2NO. The van der Waals surface area contributed by atoms with Gasteiger partial charge in [0, 0.05) is 21.3 Å². The molecule has 0 aliphatic carbocycles. The van der Waals surface area contributed by atoms with E-state index < -0.39 is 0 Å². The van der Waals surface area contributed by atoms with Crippen molar-refractivity contribution in [2.75, 3.05) is 5.32 Å². The standard InChI is InChI=1S/C14H11Cl2NO/c1-9-12(16)3-2-4-13(9)17-14(18)10-5-7-11(15)8-6-10/h2-8H,1H3,(H,17,18). The summed E-state index contributed by atoms with van der Waals surface area (Å²) in [7, 11) is 0. The van der Waals surface area contributed by atoms with E-state index in [1.165, 1.54) is 0 Å². The van der Waals surface area contributed by atoms with Gasteiger partial charge < -0.3 is 5.32 Å². The van der Waals surface area contributed by atoms with Gasteiger partial charge in [-0.1, -0.05) is 29.3 Å². The molecule has 2 aromatic rings. The summed E-state index contributed by atoms with van der Waals surface area (Å²) in [4.78, 5) is 12.0. The Balaban J connectivity index is 2.21. The Bertz CT molecular complexity index is 579. The minimum absolute atomic E-state index is 0.183. The Hall–Kier alpha value is -1.51. The normalized spacial score (nSPS) is 10.2. The topological polar surface area (TPSA) is 29.1 Å². The summed E-state index contributed by atoms with van der Waals surface area (Å²) in [5, 5.41) is 4.05. The first-order chi connectivity index (χ1) is 8.58. The average Bonchev–Trinajstić information content (AvgIpc) is 2.36. The van der Waals surface area contributed by atoms with Crippen LogP contribution in [0.15, 0.2) is 42.5 Å². The van der Waals surface area contributed by atoms with E-state index in [1.807, 2.05) is 13.0 Å². The monoisotopic (exact) mass is 279 g/mol. The van der Waals surface area contributed by atoms with Gasteiger partial charge in [-0.05, 0) is 48.9 Å². The number of hydrogen-bond donors (Lipinski definition) is 1. The zero-order valence-electron chi connectivity index (χ0n) is 9.71. The molecule has 92 valence electrons. The van der Waals surface area contributed by atoms with Crippen molar-refractivity contribution in [3.05, 3.63) is 63.6 Å². The van der Waals surface area contributed by atoms with E-state index in [0.29, 0.717) is 21.3 Å². The van der Waals surface area contributed by atoms with Gasteiger partial charge in [-0.2, -0.15) is 0 Å². The Morgan fingerprint density at radius 1 is 1.06 bits per heavy atom. The molecule has 2 nitrogen and oxygen atoms in total. The first-order valence-corrected chi connectivity index (χ1v) is 6.15. The quantitative estimate of drug-likeness (QED) is 0.858. The summed E-state index contributed by atoms with van der Waals surface area (Å²) >= 11 is 11.8. The number of amides is 1. The van der Waals surface area contributed by atoms with Crippen LogP contribution in [-0.2, 0) is 0 Å². The fourth-order valence-electron chi connectivity index (χ4n) is 1.54. The first kappa shape index (κ1) is 12.9. The number of benzene rings is 2. The summed E-state index contributed by atoms with van der Waals surface area (Å²) in [6.45, 7) is 1.86. The van der Waals surface area contributed by atoms with Crippen molar-refractivity contribution in [3.8, 4) is 0 Å². The molecule has 0 aliphatic rings. The molecule has 2 rings (SSSR count). The van der Waals surface area contributed by atoms with Crippen molar-refractivity contribution < 1.29 is 4.79 Å². The fraction of sp³-hybridized carbons (Fsp3) is 0.0714. The zero-order chi connectivity index (χ0) is 13.1. The summed E-state index contributed by atoms with van der Waals surface area (Å²) in [5.41, 5.74) is 2.11. The molecule has 0 atom stereocenters. The van der Waals surface area contributed by atoms with E-state index in [-0.39, 0.29) is 5.91 Å². The van der Waals surface area contributed by atoms with E-state index in [2.05, 4.69) is 5.32 Å². The maximum Gasteiger partial charge on any atom is 0.255 e. The van der Waals surface area contributed by atoms with Crippen LogP contribution in [0.3, 0.4) is 0 Å². The third kappa shape index (κ3) is 2.84.